The van der Waals surface area contributed by atoms with Gasteiger partial charge in [-0.15, -0.1) is 12.4 Å². The van der Waals surface area contributed by atoms with Gasteiger partial charge in [0.1, 0.15) is 4.90 Å². The maximum Gasteiger partial charge on any atom is 0.258 e. The monoisotopic (exact) mass is 346 g/mol. The van der Waals surface area contributed by atoms with Gasteiger partial charge in [-0.05, 0) is 25.3 Å². The second-order valence-electron chi connectivity index (χ2n) is 5.15. The lowest BCUT2D eigenvalue weighted by atomic mass is 10.2. The lowest BCUT2D eigenvalue weighted by Crippen LogP contribution is -2.39. The molecule has 0 radical (unpaired) electrons. The van der Waals surface area contributed by atoms with Crippen LogP contribution in [0.2, 0.25) is 0 Å². The molecule has 2 N–H and O–H groups in total. The molecule has 122 valence electrons. The van der Waals surface area contributed by atoms with Crippen molar-refractivity contribution in [3.8, 4) is 0 Å². The molecular weight excluding hydrogens is 328 g/mol. The number of nitrogens with zero attached hydrogens (tertiary/aromatic N) is 3. The van der Waals surface area contributed by atoms with Crippen molar-refractivity contribution in [3.63, 3.8) is 0 Å². The van der Waals surface area contributed by atoms with Crippen LogP contribution in [0.15, 0.2) is 21.7 Å². The molecule has 0 amide bonds. The van der Waals surface area contributed by atoms with Crippen molar-refractivity contribution < 1.29 is 12.9 Å². The Balaban J connectivity index is 0.00000176. The van der Waals surface area contributed by atoms with Crippen molar-refractivity contribution in [2.75, 3.05) is 13.1 Å². The average molecular weight is 347 g/mol. The first kappa shape index (κ1) is 17.1. The number of aromatic nitrogens is 2. The first-order valence-electron chi connectivity index (χ1n) is 7.04. The van der Waals surface area contributed by atoms with Crippen molar-refractivity contribution in [3.05, 3.63) is 18.0 Å². The Morgan fingerprint density at radius 3 is 2.95 bits per heavy atom. The number of sulfonamides is 1. The third-order valence-electron chi connectivity index (χ3n) is 3.92. The van der Waals surface area contributed by atoms with Gasteiger partial charge in [0.05, 0.1) is 17.3 Å². The molecule has 0 aliphatic carbocycles. The highest BCUT2D eigenvalue weighted by molar-refractivity contribution is 7.89. The van der Waals surface area contributed by atoms with Crippen molar-refractivity contribution >= 4 is 33.5 Å². The standard InChI is InChI=1S/C13H18N4O3S.ClH/c1-2-12-11-6-10(8-15-13(11)20-16-12)21(18,19)17-5-3-4-9(17)7-14;/h6,8-9H,2-5,7,14H2,1H3;1H. The number of rotatable bonds is 4. The molecule has 0 aromatic carbocycles. The Labute approximate surface area is 135 Å². The molecule has 2 aromatic rings. The molecule has 1 aliphatic heterocycles. The van der Waals surface area contributed by atoms with Crippen LogP contribution in [0.3, 0.4) is 0 Å². The lowest BCUT2D eigenvalue weighted by molar-refractivity contribution is 0.393. The Morgan fingerprint density at radius 2 is 2.27 bits per heavy atom. The molecule has 9 heteroatoms. The highest BCUT2D eigenvalue weighted by Crippen LogP contribution is 2.27. The zero-order valence-electron chi connectivity index (χ0n) is 12.2. The zero-order valence-corrected chi connectivity index (χ0v) is 13.9. The molecule has 22 heavy (non-hydrogen) atoms. The van der Waals surface area contributed by atoms with Crippen LogP contribution in [0.4, 0.5) is 0 Å². The lowest BCUT2D eigenvalue weighted by Gasteiger charge is -2.22. The highest BCUT2D eigenvalue weighted by Gasteiger charge is 2.35. The minimum atomic E-state index is -3.57. The van der Waals surface area contributed by atoms with E-state index in [4.69, 9.17) is 10.3 Å². The molecule has 2 aromatic heterocycles. The van der Waals surface area contributed by atoms with Crippen molar-refractivity contribution in [2.45, 2.75) is 37.1 Å². The van der Waals surface area contributed by atoms with Crippen LogP contribution in [0.25, 0.3) is 11.1 Å². The van der Waals surface area contributed by atoms with Crippen LogP contribution in [0.1, 0.15) is 25.5 Å². The number of nitrogens with two attached hydrogens (primary N) is 1. The van der Waals surface area contributed by atoms with Gasteiger partial charge in [0.15, 0.2) is 0 Å². The largest absolute Gasteiger partial charge is 0.336 e. The number of pyridine rings is 1. The van der Waals surface area contributed by atoms with Crippen LogP contribution < -0.4 is 5.73 Å². The van der Waals surface area contributed by atoms with E-state index in [-0.39, 0.29) is 23.3 Å². The maximum absolute atomic E-state index is 12.7. The first-order chi connectivity index (χ1) is 10.1. The van der Waals surface area contributed by atoms with Gasteiger partial charge >= 0.3 is 0 Å². The molecule has 1 unspecified atom stereocenters. The average Bonchev–Trinajstić information content (AvgIpc) is 3.12. The summed E-state index contributed by atoms with van der Waals surface area (Å²) in [5, 5.41) is 4.55. The van der Waals surface area contributed by atoms with Crippen molar-refractivity contribution in [1.82, 2.24) is 14.4 Å². The molecule has 1 atom stereocenters. The number of halogens is 1. The Bertz CT molecular complexity index is 762. The fourth-order valence-corrected chi connectivity index (χ4v) is 4.43. The number of fused-ring (bicyclic) bond motifs is 1. The summed E-state index contributed by atoms with van der Waals surface area (Å²) in [5.74, 6) is 0. The molecule has 3 rings (SSSR count). The quantitative estimate of drug-likeness (QED) is 0.895. The molecule has 0 bridgehead atoms. The van der Waals surface area contributed by atoms with E-state index in [0.29, 0.717) is 36.3 Å². The van der Waals surface area contributed by atoms with Gasteiger partial charge < -0.3 is 10.3 Å². The number of aryl methyl sites for hydroxylation is 1. The van der Waals surface area contributed by atoms with Gasteiger partial charge in [-0.25, -0.2) is 13.4 Å². The van der Waals surface area contributed by atoms with Crippen molar-refractivity contribution in [2.24, 2.45) is 5.73 Å². The summed E-state index contributed by atoms with van der Waals surface area (Å²) in [6.07, 6.45) is 3.63. The SMILES string of the molecule is CCc1noc2ncc(S(=O)(=O)N3CCCC3CN)cc12.Cl. The molecular formula is C13H19ClN4O3S. The van der Waals surface area contributed by atoms with Crippen LogP contribution in [-0.2, 0) is 16.4 Å². The second-order valence-corrected chi connectivity index (χ2v) is 7.04. The van der Waals surface area contributed by atoms with Crippen LogP contribution in [-0.4, -0.2) is 42.0 Å². The zero-order chi connectivity index (χ0) is 15.0. The van der Waals surface area contributed by atoms with Crippen LogP contribution in [0.5, 0.6) is 0 Å². The smallest absolute Gasteiger partial charge is 0.258 e. The molecule has 1 fully saturated rings. The first-order valence-corrected chi connectivity index (χ1v) is 8.48. The summed E-state index contributed by atoms with van der Waals surface area (Å²) in [4.78, 5) is 4.25. The van der Waals surface area contributed by atoms with E-state index in [1.807, 2.05) is 6.92 Å². The fraction of sp³-hybridized carbons (Fsp3) is 0.538. The summed E-state index contributed by atoms with van der Waals surface area (Å²) >= 11 is 0. The maximum atomic E-state index is 12.7. The summed E-state index contributed by atoms with van der Waals surface area (Å²) in [7, 11) is -3.57. The predicted molar refractivity (Wildman–Crippen MR) is 84.4 cm³/mol. The Hall–Kier alpha value is -1.22. The van der Waals surface area contributed by atoms with Gasteiger partial charge in [0.25, 0.3) is 5.71 Å². The van der Waals surface area contributed by atoms with Gasteiger partial charge in [-0.1, -0.05) is 12.1 Å². The van der Waals surface area contributed by atoms with Gasteiger partial charge in [-0.2, -0.15) is 4.31 Å². The van der Waals surface area contributed by atoms with E-state index in [2.05, 4.69) is 10.1 Å². The van der Waals surface area contributed by atoms with Gasteiger partial charge in [-0.3, -0.25) is 0 Å². The Kier molecular flexibility index (Phi) is 5.06. The summed E-state index contributed by atoms with van der Waals surface area (Å²) < 4.78 is 32.1. The van der Waals surface area contributed by atoms with Gasteiger partial charge in [0, 0.05) is 19.1 Å². The number of hydrogen-bond donors (Lipinski definition) is 1. The Morgan fingerprint density at radius 1 is 1.50 bits per heavy atom. The predicted octanol–water partition coefficient (Wildman–Crippen LogP) is 1.32. The van der Waals surface area contributed by atoms with E-state index in [1.54, 1.807) is 6.07 Å². The minimum Gasteiger partial charge on any atom is -0.336 e. The molecule has 0 spiro atoms. The third kappa shape index (κ3) is 2.71. The molecule has 7 nitrogen and oxygen atoms in total. The third-order valence-corrected chi connectivity index (χ3v) is 5.83. The highest BCUT2D eigenvalue weighted by atomic mass is 35.5. The molecule has 3 heterocycles. The fourth-order valence-electron chi connectivity index (χ4n) is 2.75. The van der Waals surface area contributed by atoms with Gasteiger partial charge in [0.2, 0.25) is 10.0 Å². The van der Waals surface area contributed by atoms with Crippen LogP contribution >= 0.6 is 12.4 Å². The topological polar surface area (TPSA) is 102 Å². The van der Waals surface area contributed by atoms with E-state index in [9.17, 15) is 8.42 Å². The van der Waals surface area contributed by atoms with E-state index >= 15 is 0 Å². The second kappa shape index (κ2) is 6.49. The molecule has 0 saturated carbocycles. The molecule has 1 aliphatic rings. The normalized spacial score (nSPS) is 19.5. The molecule has 1 saturated heterocycles. The van der Waals surface area contributed by atoms with Crippen molar-refractivity contribution in [1.29, 1.82) is 0 Å². The summed E-state index contributed by atoms with van der Waals surface area (Å²) in [6.45, 7) is 2.78. The van der Waals surface area contributed by atoms with Crippen LogP contribution in [0, 0.1) is 0 Å². The summed E-state index contributed by atoms with van der Waals surface area (Å²) in [5.41, 5.74) is 6.75. The number of hydrogen-bond acceptors (Lipinski definition) is 6. The minimum absolute atomic E-state index is 0. The van der Waals surface area contributed by atoms with E-state index in [1.165, 1.54) is 10.5 Å². The summed E-state index contributed by atoms with van der Waals surface area (Å²) in [6, 6.07) is 1.47. The van der Waals surface area contributed by atoms with E-state index < -0.39 is 10.0 Å². The van der Waals surface area contributed by atoms with E-state index in [0.717, 1.165) is 12.8 Å².